The van der Waals surface area contributed by atoms with Gasteiger partial charge in [0, 0.05) is 11.9 Å². The molecule has 0 aliphatic rings. The Balaban J connectivity index is -0.0000000594. The molecule has 0 aliphatic heterocycles. The Morgan fingerprint density at radius 1 is 0.737 bits per heavy atom. The second-order valence-corrected chi connectivity index (χ2v) is 6.22. The first kappa shape index (κ1) is 31.1. The maximum atomic E-state index is 9.90. The van der Waals surface area contributed by atoms with Gasteiger partial charge in [0.25, 0.3) is 0 Å². The van der Waals surface area contributed by atoms with Gasteiger partial charge in [-0.15, -0.1) is 0 Å². The topological polar surface area (TPSA) is 146 Å². The molecular weight excluding hydrogens is 306 g/mol. The first-order chi connectivity index (χ1) is 6.83. The van der Waals surface area contributed by atoms with E-state index >= 15 is 0 Å². The average Bonchev–Trinajstić information content (AvgIpc) is 1.72. The molecule has 0 aromatic carbocycles. The molecule has 6 N–H and O–H groups in total. The minimum atomic E-state index is -0.975. The van der Waals surface area contributed by atoms with Crippen molar-refractivity contribution in [2.24, 2.45) is 10.8 Å². The zero-order chi connectivity index (χ0) is 13.6. The van der Waals surface area contributed by atoms with Crippen LogP contribution in [0.1, 0.15) is 54.4 Å². The van der Waals surface area contributed by atoms with Crippen LogP contribution in [-0.2, 0) is 40.0 Å². The van der Waals surface area contributed by atoms with Gasteiger partial charge in [0.2, 0.25) is 0 Å². The van der Waals surface area contributed by atoms with Gasteiger partial charge in [0.15, 0.2) is 0 Å². The number of carboxylic acid groups (broad SMARTS) is 2. The van der Waals surface area contributed by atoms with E-state index in [4.69, 9.17) is 0 Å². The molecule has 0 saturated heterocycles. The zero-order valence-corrected chi connectivity index (χ0v) is 15.9. The van der Waals surface area contributed by atoms with Crippen LogP contribution in [0.3, 0.4) is 0 Å². The third kappa shape index (κ3) is 46.6. The summed E-state index contributed by atoms with van der Waals surface area (Å²) in [7, 11) is 0. The molecule has 0 aromatic rings. The van der Waals surface area contributed by atoms with E-state index in [0.717, 1.165) is 0 Å². The number of carbonyl (C=O) groups is 2. The molecule has 6 nitrogen and oxygen atoms in total. The van der Waals surface area contributed by atoms with Crippen molar-refractivity contribution in [2.75, 3.05) is 0 Å². The van der Waals surface area contributed by atoms with E-state index in [-0.39, 0.29) is 54.1 Å². The molecular formula is C12H28O6Zn+2. The molecule has 0 aliphatic carbocycles. The van der Waals surface area contributed by atoms with Crippen molar-refractivity contribution in [1.29, 1.82) is 0 Å². The third-order valence-electron chi connectivity index (χ3n) is 1.35. The van der Waals surface area contributed by atoms with Gasteiger partial charge in [-0.2, -0.15) is 0 Å². The molecule has 0 saturated carbocycles. The summed E-state index contributed by atoms with van der Waals surface area (Å²) >= 11 is 0. The second-order valence-electron chi connectivity index (χ2n) is 6.22. The molecule has 0 radical (unpaired) electrons. The van der Waals surface area contributed by atoms with Gasteiger partial charge in [0.05, 0.1) is 0 Å². The summed E-state index contributed by atoms with van der Waals surface area (Å²) in [6.45, 7) is 11.2. The fourth-order valence-corrected chi connectivity index (χ4v) is 0.866. The van der Waals surface area contributed by atoms with E-state index in [0.29, 0.717) is 0 Å². The predicted octanol–water partition coefficient (Wildman–Crippen LogP) is -1.50. The number of hydrogen-bond donors (Lipinski definition) is 0. The SMILES string of the molecule is CC(C)(C)CC(=O)[O-].CC(C)(C)CC(=O)[O-].[OH3+].[OH3+].[Zn+2]. The first-order valence-corrected chi connectivity index (χ1v) is 5.23. The van der Waals surface area contributed by atoms with Crippen molar-refractivity contribution in [3.8, 4) is 0 Å². The standard InChI is InChI=1S/2C6H12O2.2H2O.Zn/c2*1-6(2,3)4-5(7)8;;;/h2*4H2,1-3H3,(H,7,8);2*1H2;/q;;;;+2. The number of hydrogen-bond acceptors (Lipinski definition) is 4. The van der Waals surface area contributed by atoms with Crippen molar-refractivity contribution in [3.63, 3.8) is 0 Å². The quantitative estimate of drug-likeness (QED) is 0.446. The number of aliphatic carboxylic acids is 2. The smallest absolute Gasteiger partial charge is 0.550 e. The summed E-state index contributed by atoms with van der Waals surface area (Å²) in [5, 5.41) is 19.8. The van der Waals surface area contributed by atoms with E-state index < -0.39 is 11.9 Å². The van der Waals surface area contributed by atoms with Crippen LogP contribution in [0, 0.1) is 10.8 Å². The Labute approximate surface area is 128 Å². The second kappa shape index (κ2) is 12.5. The first-order valence-electron chi connectivity index (χ1n) is 5.23. The van der Waals surface area contributed by atoms with Gasteiger partial charge >= 0.3 is 19.5 Å². The molecule has 0 spiro atoms. The van der Waals surface area contributed by atoms with Crippen molar-refractivity contribution >= 4 is 11.9 Å². The Hall–Kier alpha value is -0.517. The molecule has 0 unspecified atom stereocenters. The Kier molecular flexibility index (Phi) is 20.5. The minimum Gasteiger partial charge on any atom is -0.550 e. The van der Waals surface area contributed by atoms with Crippen LogP contribution in [0.25, 0.3) is 0 Å². The van der Waals surface area contributed by atoms with E-state index in [2.05, 4.69) is 0 Å². The Morgan fingerprint density at radius 3 is 0.895 bits per heavy atom. The number of carboxylic acids is 2. The van der Waals surface area contributed by atoms with Crippen molar-refractivity contribution in [2.45, 2.75) is 54.4 Å². The van der Waals surface area contributed by atoms with Crippen LogP contribution in [0.4, 0.5) is 0 Å². The third-order valence-corrected chi connectivity index (χ3v) is 1.35. The van der Waals surface area contributed by atoms with Crippen LogP contribution in [0.5, 0.6) is 0 Å². The van der Waals surface area contributed by atoms with Crippen LogP contribution in [0.2, 0.25) is 0 Å². The molecule has 0 heterocycles. The minimum absolute atomic E-state index is 0. The van der Waals surface area contributed by atoms with E-state index in [1.165, 1.54) is 0 Å². The summed E-state index contributed by atoms with van der Waals surface area (Å²) in [5.74, 6) is -1.95. The van der Waals surface area contributed by atoms with Crippen LogP contribution in [0.15, 0.2) is 0 Å². The summed E-state index contributed by atoms with van der Waals surface area (Å²) < 4.78 is 0. The summed E-state index contributed by atoms with van der Waals surface area (Å²) in [4.78, 5) is 19.8. The maximum absolute atomic E-state index is 9.90. The molecule has 0 fully saturated rings. The van der Waals surface area contributed by atoms with Crippen LogP contribution < -0.4 is 10.2 Å². The van der Waals surface area contributed by atoms with Gasteiger partial charge in [-0.05, 0) is 23.7 Å². The number of carbonyl (C=O) groups excluding carboxylic acids is 2. The largest absolute Gasteiger partial charge is 2.00 e. The van der Waals surface area contributed by atoms with Gasteiger partial charge in [0.1, 0.15) is 0 Å². The van der Waals surface area contributed by atoms with E-state index in [1.807, 2.05) is 41.5 Å². The van der Waals surface area contributed by atoms with Crippen molar-refractivity contribution in [3.05, 3.63) is 0 Å². The molecule has 0 bridgehead atoms. The fraction of sp³-hybridized carbons (Fsp3) is 0.833. The number of rotatable bonds is 2. The normalized spacial score (nSPS) is 9.58. The van der Waals surface area contributed by atoms with Crippen LogP contribution in [-0.4, -0.2) is 11.9 Å². The molecule has 0 aromatic heterocycles. The monoisotopic (exact) mass is 332 g/mol. The summed E-state index contributed by atoms with van der Waals surface area (Å²) in [6, 6.07) is 0. The molecule has 7 heteroatoms. The maximum Gasteiger partial charge on any atom is 2.00 e. The molecule has 0 atom stereocenters. The van der Waals surface area contributed by atoms with Gasteiger partial charge in [-0.1, -0.05) is 41.5 Å². The fourth-order valence-electron chi connectivity index (χ4n) is 0.866. The van der Waals surface area contributed by atoms with Gasteiger partial charge < -0.3 is 30.8 Å². The zero-order valence-electron chi connectivity index (χ0n) is 12.9. The van der Waals surface area contributed by atoms with E-state index in [9.17, 15) is 19.8 Å². The predicted molar refractivity (Wildman–Crippen MR) is 67.9 cm³/mol. The molecule has 0 amide bonds. The van der Waals surface area contributed by atoms with Crippen LogP contribution >= 0.6 is 0 Å². The molecule has 112 valence electrons. The van der Waals surface area contributed by atoms with E-state index in [1.54, 1.807) is 0 Å². The Bertz CT molecular complexity index is 214. The summed E-state index contributed by atoms with van der Waals surface area (Å²) in [5.41, 5.74) is -0.280. The van der Waals surface area contributed by atoms with Crippen molar-refractivity contribution in [1.82, 2.24) is 0 Å². The van der Waals surface area contributed by atoms with Gasteiger partial charge in [-0.25, -0.2) is 0 Å². The molecule has 19 heavy (non-hydrogen) atoms. The van der Waals surface area contributed by atoms with Crippen molar-refractivity contribution < 1.29 is 50.2 Å². The Morgan fingerprint density at radius 2 is 0.895 bits per heavy atom. The molecule has 0 rings (SSSR count). The summed E-state index contributed by atoms with van der Waals surface area (Å²) in [6.07, 6.45) is 0.264. The van der Waals surface area contributed by atoms with Gasteiger partial charge in [-0.3, -0.25) is 0 Å². The average molecular weight is 334 g/mol.